The van der Waals surface area contributed by atoms with Crippen LogP contribution in [0.2, 0.25) is 0 Å². The highest BCUT2D eigenvalue weighted by Crippen LogP contribution is 2.15. The quantitative estimate of drug-likeness (QED) is 0.597. The number of rotatable bonds is 1. The van der Waals surface area contributed by atoms with Crippen molar-refractivity contribution in [2.75, 3.05) is 5.73 Å². The molecule has 0 spiro atoms. The summed E-state index contributed by atoms with van der Waals surface area (Å²) in [5, 5.41) is 7.56. The van der Waals surface area contributed by atoms with Gasteiger partial charge in [-0.25, -0.2) is 4.98 Å². The fourth-order valence-corrected chi connectivity index (χ4v) is 1.60. The molecule has 0 atom stereocenters. The highest BCUT2D eigenvalue weighted by molar-refractivity contribution is 14.1. The van der Waals surface area contributed by atoms with Gasteiger partial charge in [-0.15, -0.1) is 0 Å². The topological polar surface area (TPSA) is 80.5 Å². The van der Waals surface area contributed by atoms with E-state index in [1.54, 1.807) is 6.20 Å². The Hall–Kier alpha value is -0.920. The van der Waals surface area contributed by atoms with E-state index >= 15 is 0 Å². The van der Waals surface area contributed by atoms with E-state index in [2.05, 4.69) is 42.8 Å². The largest absolute Gasteiger partial charge is 0.368 e. The van der Waals surface area contributed by atoms with E-state index in [1.165, 1.54) is 0 Å². The number of H-pyrrole nitrogens is 1. The maximum Gasteiger partial charge on any atom is 0.222 e. The molecule has 0 bridgehead atoms. The summed E-state index contributed by atoms with van der Waals surface area (Å²) in [5.41, 5.74) is 7.11. The summed E-state index contributed by atoms with van der Waals surface area (Å²) in [4.78, 5) is 8.08. The van der Waals surface area contributed by atoms with Crippen molar-refractivity contribution in [2.45, 2.75) is 4.43 Å². The predicted octanol–water partition coefficient (Wildman–Crippen LogP) is 0.870. The first kappa shape index (κ1) is 7.71. The van der Waals surface area contributed by atoms with Crippen molar-refractivity contribution in [3.63, 3.8) is 0 Å². The molecule has 0 aromatic carbocycles. The van der Waals surface area contributed by atoms with Gasteiger partial charge in [0.25, 0.3) is 0 Å². The van der Waals surface area contributed by atoms with Crippen molar-refractivity contribution in [3.8, 4) is 0 Å². The van der Waals surface area contributed by atoms with E-state index in [-0.39, 0.29) is 0 Å². The van der Waals surface area contributed by atoms with Crippen LogP contribution in [0, 0.1) is 0 Å². The molecule has 0 aliphatic rings. The zero-order chi connectivity index (χ0) is 8.55. The number of nitrogens with two attached hydrogens (primary N) is 1. The van der Waals surface area contributed by atoms with Gasteiger partial charge in [-0.1, -0.05) is 22.6 Å². The van der Waals surface area contributed by atoms with Crippen molar-refractivity contribution in [3.05, 3.63) is 11.9 Å². The van der Waals surface area contributed by atoms with Gasteiger partial charge in [0, 0.05) is 4.43 Å². The highest BCUT2D eigenvalue weighted by Gasteiger charge is 2.05. The van der Waals surface area contributed by atoms with Crippen LogP contribution >= 0.6 is 22.6 Å². The maximum atomic E-state index is 5.49. The van der Waals surface area contributed by atoms with E-state index < -0.39 is 0 Å². The molecule has 0 aliphatic heterocycles. The predicted molar refractivity (Wildman–Crippen MR) is 53.8 cm³/mol. The molecule has 62 valence electrons. The number of nitrogens with zero attached hydrogens (tertiary/aromatic N) is 3. The van der Waals surface area contributed by atoms with Crippen LogP contribution in [0.15, 0.2) is 6.20 Å². The van der Waals surface area contributed by atoms with E-state index in [4.69, 9.17) is 5.73 Å². The first-order valence-corrected chi connectivity index (χ1v) is 4.85. The molecule has 0 aliphatic carbocycles. The average molecular weight is 275 g/mol. The second-order valence-electron chi connectivity index (χ2n) is 2.29. The number of nitrogens with one attached hydrogen (secondary N) is 1. The number of hydrogen-bond donors (Lipinski definition) is 2. The highest BCUT2D eigenvalue weighted by atomic mass is 127. The standard InChI is InChI=1S/C6H6IN5/c7-1-4-3-2-9-12-5(3)11-6(8)10-4/h2H,1H2,(H3,8,9,10,11,12). The lowest BCUT2D eigenvalue weighted by atomic mass is 10.3. The fourth-order valence-electron chi connectivity index (χ4n) is 1.02. The normalized spacial score (nSPS) is 10.8. The fraction of sp³-hybridized carbons (Fsp3) is 0.167. The molecule has 2 rings (SSSR count). The Morgan fingerprint density at radius 2 is 2.33 bits per heavy atom. The lowest BCUT2D eigenvalue weighted by Crippen LogP contribution is -1.98. The number of anilines is 1. The third kappa shape index (κ3) is 1.11. The van der Waals surface area contributed by atoms with Gasteiger partial charge in [-0.2, -0.15) is 10.1 Å². The minimum absolute atomic E-state index is 0.290. The van der Waals surface area contributed by atoms with Crippen LogP contribution in [0.1, 0.15) is 5.69 Å². The molecule has 2 aromatic rings. The van der Waals surface area contributed by atoms with Gasteiger partial charge in [0.05, 0.1) is 17.3 Å². The SMILES string of the molecule is Nc1nc(CI)c2cn[nH]c2n1. The van der Waals surface area contributed by atoms with Crippen LogP contribution < -0.4 is 5.73 Å². The summed E-state index contributed by atoms with van der Waals surface area (Å²) in [6, 6.07) is 0. The second-order valence-corrected chi connectivity index (χ2v) is 3.06. The van der Waals surface area contributed by atoms with Gasteiger partial charge in [0.1, 0.15) is 0 Å². The van der Waals surface area contributed by atoms with Gasteiger partial charge >= 0.3 is 0 Å². The summed E-state index contributed by atoms with van der Waals surface area (Å²) in [6.07, 6.45) is 1.71. The Kier molecular flexibility index (Phi) is 1.83. The van der Waals surface area contributed by atoms with Crippen LogP contribution in [0.4, 0.5) is 5.95 Å². The summed E-state index contributed by atoms with van der Waals surface area (Å²) < 4.78 is 0.806. The number of aromatic nitrogens is 4. The Labute approximate surface area is 81.9 Å². The van der Waals surface area contributed by atoms with Crippen molar-refractivity contribution in [2.24, 2.45) is 0 Å². The monoisotopic (exact) mass is 275 g/mol. The number of nitrogen functional groups attached to an aromatic ring is 1. The molecule has 0 amide bonds. The smallest absolute Gasteiger partial charge is 0.222 e. The van der Waals surface area contributed by atoms with Crippen LogP contribution in [0.5, 0.6) is 0 Å². The first-order valence-electron chi connectivity index (χ1n) is 3.32. The Balaban J connectivity index is 2.80. The van der Waals surface area contributed by atoms with Crippen LogP contribution in [-0.4, -0.2) is 20.2 Å². The van der Waals surface area contributed by atoms with Crippen LogP contribution in [-0.2, 0) is 4.43 Å². The van der Waals surface area contributed by atoms with E-state index in [0.29, 0.717) is 11.6 Å². The van der Waals surface area contributed by atoms with Gasteiger partial charge < -0.3 is 5.73 Å². The number of alkyl halides is 1. The van der Waals surface area contributed by atoms with Crippen molar-refractivity contribution < 1.29 is 0 Å². The summed E-state index contributed by atoms with van der Waals surface area (Å²) >= 11 is 2.23. The van der Waals surface area contributed by atoms with Crippen molar-refractivity contribution in [1.82, 2.24) is 20.2 Å². The molecule has 3 N–H and O–H groups in total. The molecule has 5 nitrogen and oxygen atoms in total. The number of fused-ring (bicyclic) bond motifs is 1. The van der Waals surface area contributed by atoms with Crippen LogP contribution in [0.3, 0.4) is 0 Å². The zero-order valence-corrected chi connectivity index (χ0v) is 8.24. The zero-order valence-electron chi connectivity index (χ0n) is 6.08. The molecule has 0 unspecified atom stereocenters. The molecule has 0 saturated carbocycles. The minimum atomic E-state index is 0.290. The lowest BCUT2D eigenvalue weighted by molar-refractivity contribution is 1.09. The van der Waals surface area contributed by atoms with E-state index in [1.807, 2.05) is 0 Å². The molecule has 12 heavy (non-hydrogen) atoms. The Morgan fingerprint density at radius 1 is 1.50 bits per heavy atom. The Morgan fingerprint density at radius 3 is 3.08 bits per heavy atom. The number of aromatic amines is 1. The molecular weight excluding hydrogens is 269 g/mol. The second kappa shape index (κ2) is 2.85. The molecular formula is C6H6IN5. The number of halogens is 1. The third-order valence-corrected chi connectivity index (χ3v) is 2.26. The summed E-state index contributed by atoms with van der Waals surface area (Å²) in [5.74, 6) is 0.290. The van der Waals surface area contributed by atoms with Gasteiger partial charge in [0.2, 0.25) is 5.95 Å². The average Bonchev–Trinajstić information content (AvgIpc) is 2.50. The molecule has 0 saturated heterocycles. The molecule has 0 fully saturated rings. The third-order valence-electron chi connectivity index (χ3n) is 1.53. The summed E-state index contributed by atoms with van der Waals surface area (Å²) in [6.45, 7) is 0. The Bertz CT molecular complexity index is 409. The molecule has 2 aromatic heterocycles. The molecule has 6 heteroatoms. The van der Waals surface area contributed by atoms with Gasteiger partial charge in [-0.05, 0) is 0 Å². The molecule has 2 heterocycles. The maximum absolute atomic E-state index is 5.49. The van der Waals surface area contributed by atoms with Crippen molar-refractivity contribution >= 4 is 39.6 Å². The first-order chi connectivity index (χ1) is 5.81. The van der Waals surface area contributed by atoms with E-state index in [0.717, 1.165) is 15.5 Å². The summed E-state index contributed by atoms with van der Waals surface area (Å²) in [7, 11) is 0. The lowest BCUT2D eigenvalue weighted by Gasteiger charge is -1.97. The van der Waals surface area contributed by atoms with Crippen LogP contribution in [0.25, 0.3) is 11.0 Å². The number of hydrogen-bond acceptors (Lipinski definition) is 4. The molecule has 0 radical (unpaired) electrons. The van der Waals surface area contributed by atoms with Gasteiger partial charge in [0.15, 0.2) is 5.65 Å². The van der Waals surface area contributed by atoms with E-state index in [9.17, 15) is 0 Å². The minimum Gasteiger partial charge on any atom is -0.368 e. The van der Waals surface area contributed by atoms with Crippen molar-refractivity contribution in [1.29, 1.82) is 0 Å². The van der Waals surface area contributed by atoms with Gasteiger partial charge in [-0.3, -0.25) is 5.10 Å².